The van der Waals surface area contributed by atoms with E-state index in [0.29, 0.717) is 17.1 Å². The van der Waals surface area contributed by atoms with Gasteiger partial charge in [-0.25, -0.2) is 0 Å². The minimum absolute atomic E-state index is 0.202. The first-order chi connectivity index (χ1) is 8.75. The van der Waals surface area contributed by atoms with Crippen molar-refractivity contribution in [1.82, 2.24) is 0 Å². The molecule has 0 spiro atoms. The van der Waals surface area contributed by atoms with Crippen LogP contribution in [0.3, 0.4) is 0 Å². The van der Waals surface area contributed by atoms with Crippen LogP contribution >= 0.6 is 0 Å². The number of amides is 1. The highest BCUT2D eigenvalue weighted by molar-refractivity contribution is 6.01. The molecule has 1 heterocycles. The standard InChI is InChI=1S/C14H12N2O2/c15-10-7-4-8-11-12(10)16-14(17)13(18-11)9-5-2-1-3-6-9/h1-8,13H,15H2,(H,16,17). The van der Waals surface area contributed by atoms with Gasteiger partial charge in [0.2, 0.25) is 6.10 Å². The number of rotatable bonds is 1. The maximum atomic E-state index is 12.0. The Bertz CT molecular complexity index is 596. The number of anilines is 2. The number of carbonyl (C=O) groups is 1. The van der Waals surface area contributed by atoms with E-state index in [1.807, 2.05) is 30.3 Å². The van der Waals surface area contributed by atoms with Gasteiger partial charge in [-0.15, -0.1) is 0 Å². The van der Waals surface area contributed by atoms with E-state index in [1.165, 1.54) is 0 Å². The minimum atomic E-state index is -0.625. The van der Waals surface area contributed by atoms with Crippen LogP contribution in [0, 0.1) is 0 Å². The van der Waals surface area contributed by atoms with Gasteiger partial charge >= 0.3 is 0 Å². The molecule has 0 saturated heterocycles. The second-order valence-electron chi connectivity index (χ2n) is 4.12. The van der Waals surface area contributed by atoms with Gasteiger partial charge in [0, 0.05) is 5.56 Å². The Morgan fingerprint density at radius 3 is 2.61 bits per heavy atom. The fourth-order valence-electron chi connectivity index (χ4n) is 2.00. The molecule has 0 aromatic heterocycles. The molecule has 3 N–H and O–H groups in total. The van der Waals surface area contributed by atoms with Crippen LogP contribution in [0.15, 0.2) is 48.5 Å². The number of ether oxygens (including phenoxy) is 1. The number of benzene rings is 2. The minimum Gasteiger partial charge on any atom is -0.474 e. The predicted molar refractivity (Wildman–Crippen MR) is 69.3 cm³/mol. The van der Waals surface area contributed by atoms with Crippen molar-refractivity contribution in [3.05, 3.63) is 54.1 Å². The van der Waals surface area contributed by atoms with E-state index in [0.717, 1.165) is 5.56 Å². The van der Waals surface area contributed by atoms with Crippen LogP contribution in [0.25, 0.3) is 0 Å². The average Bonchev–Trinajstić information content (AvgIpc) is 2.40. The van der Waals surface area contributed by atoms with Gasteiger partial charge in [-0.3, -0.25) is 4.79 Å². The molecule has 1 aliphatic heterocycles. The van der Waals surface area contributed by atoms with Gasteiger partial charge in [0.1, 0.15) is 11.4 Å². The molecule has 0 radical (unpaired) electrons. The molecule has 4 heteroatoms. The molecule has 1 aliphatic rings. The number of hydrogen-bond acceptors (Lipinski definition) is 3. The van der Waals surface area contributed by atoms with Gasteiger partial charge in [-0.1, -0.05) is 36.4 Å². The molecule has 1 unspecified atom stereocenters. The van der Waals surface area contributed by atoms with E-state index in [9.17, 15) is 4.79 Å². The van der Waals surface area contributed by atoms with Crippen molar-refractivity contribution in [3.8, 4) is 5.75 Å². The molecular weight excluding hydrogens is 228 g/mol. The zero-order valence-electron chi connectivity index (χ0n) is 9.59. The summed E-state index contributed by atoms with van der Waals surface area (Å²) in [5.41, 5.74) is 7.67. The number of carbonyl (C=O) groups excluding carboxylic acids is 1. The number of nitrogen functional groups attached to an aromatic ring is 1. The van der Waals surface area contributed by atoms with Gasteiger partial charge in [0.05, 0.1) is 5.69 Å². The van der Waals surface area contributed by atoms with Crippen molar-refractivity contribution in [2.75, 3.05) is 11.1 Å². The third-order valence-electron chi connectivity index (χ3n) is 2.89. The summed E-state index contributed by atoms with van der Waals surface area (Å²) >= 11 is 0. The van der Waals surface area contributed by atoms with Crippen molar-refractivity contribution in [2.45, 2.75) is 6.10 Å². The summed E-state index contributed by atoms with van der Waals surface area (Å²) in [6.07, 6.45) is -0.625. The molecule has 4 nitrogen and oxygen atoms in total. The summed E-state index contributed by atoms with van der Waals surface area (Å²) in [4.78, 5) is 12.0. The topological polar surface area (TPSA) is 64.3 Å². The lowest BCUT2D eigenvalue weighted by Gasteiger charge is -2.26. The Morgan fingerprint density at radius 1 is 1.06 bits per heavy atom. The molecule has 2 aromatic carbocycles. The first-order valence-electron chi connectivity index (χ1n) is 5.66. The van der Waals surface area contributed by atoms with Crippen LogP contribution in [-0.4, -0.2) is 5.91 Å². The van der Waals surface area contributed by atoms with Crippen molar-refractivity contribution in [2.24, 2.45) is 0 Å². The van der Waals surface area contributed by atoms with Gasteiger partial charge in [0.25, 0.3) is 5.91 Å². The number of para-hydroxylation sites is 1. The monoisotopic (exact) mass is 240 g/mol. The quantitative estimate of drug-likeness (QED) is 0.752. The van der Waals surface area contributed by atoms with Gasteiger partial charge in [-0.05, 0) is 12.1 Å². The van der Waals surface area contributed by atoms with Crippen molar-refractivity contribution >= 4 is 17.3 Å². The number of nitrogens with two attached hydrogens (primary N) is 1. The van der Waals surface area contributed by atoms with Crippen LogP contribution in [0.2, 0.25) is 0 Å². The summed E-state index contributed by atoms with van der Waals surface area (Å²) in [5.74, 6) is 0.398. The lowest BCUT2D eigenvalue weighted by Crippen LogP contribution is -2.30. The number of nitrogens with one attached hydrogen (secondary N) is 1. The molecule has 1 atom stereocenters. The summed E-state index contributed by atoms with van der Waals surface area (Å²) in [5, 5.41) is 2.79. The lowest BCUT2D eigenvalue weighted by atomic mass is 10.1. The Kier molecular flexibility index (Phi) is 2.41. The SMILES string of the molecule is Nc1cccc2c1NC(=O)C(c1ccccc1)O2. The highest BCUT2D eigenvalue weighted by atomic mass is 16.5. The van der Waals surface area contributed by atoms with Crippen molar-refractivity contribution < 1.29 is 9.53 Å². The molecule has 90 valence electrons. The van der Waals surface area contributed by atoms with Crippen LogP contribution < -0.4 is 15.8 Å². The normalized spacial score (nSPS) is 17.6. The van der Waals surface area contributed by atoms with Crippen molar-refractivity contribution in [1.29, 1.82) is 0 Å². The largest absolute Gasteiger partial charge is 0.474 e. The van der Waals surface area contributed by atoms with E-state index in [1.54, 1.807) is 18.2 Å². The van der Waals surface area contributed by atoms with E-state index < -0.39 is 6.10 Å². The summed E-state index contributed by atoms with van der Waals surface area (Å²) in [6.45, 7) is 0. The first kappa shape index (κ1) is 10.7. The highest BCUT2D eigenvalue weighted by Crippen LogP contribution is 2.38. The Hall–Kier alpha value is -2.49. The molecule has 0 fully saturated rings. The number of hydrogen-bond donors (Lipinski definition) is 2. The van der Waals surface area contributed by atoms with Crippen LogP contribution in [-0.2, 0) is 4.79 Å². The number of fused-ring (bicyclic) bond motifs is 1. The maximum absolute atomic E-state index is 12.0. The summed E-state index contributed by atoms with van der Waals surface area (Å²) < 4.78 is 5.72. The highest BCUT2D eigenvalue weighted by Gasteiger charge is 2.29. The molecule has 1 amide bonds. The van der Waals surface area contributed by atoms with Crippen LogP contribution in [0.5, 0.6) is 5.75 Å². The lowest BCUT2D eigenvalue weighted by molar-refractivity contribution is -0.123. The molecule has 0 aliphatic carbocycles. The zero-order valence-corrected chi connectivity index (χ0v) is 9.59. The Balaban J connectivity index is 2.00. The van der Waals surface area contributed by atoms with E-state index in [-0.39, 0.29) is 5.91 Å². The fraction of sp³-hybridized carbons (Fsp3) is 0.0714. The van der Waals surface area contributed by atoms with Crippen LogP contribution in [0.1, 0.15) is 11.7 Å². The molecule has 2 aromatic rings. The van der Waals surface area contributed by atoms with E-state index in [4.69, 9.17) is 10.5 Å². The van der Waals surface area contributed by atoms with E-state index >= 15 is 0 Å². The van der Waals surface area contributed by atoms with Gasteiger partial charge in [0.15, 0.2) is 0 Å². The molecule has 0 bridgehead atoms. The maximum Gasteiger partial charge on any atom is 0.270 e. The predicted octanol–water partition coefficient (Wildman–Crippen LogP) is 2.34. The molecule has 0 saturated carbocycles. The average molecular weight is 240 g/mol. The molecule has 18 heavy (non-hydrogen) atoms. The third-order valence-corrected chi connectivity index (χ3v) is 2.89. The molecular formula is C14H12N2O2. The fourth-order valence-corrected chi connectivity index (χ4v) is 2.00. The zero-order chi connectivity index (χ0) is 12.5. The summed E-state index contributed by atoms with van der Waals surface area (Å²) in [7, 11) is 0. The van der Waals surface area contributed by atoms with Gasteiger partial charge < -0.3 is 15.8 Å². The first-order valence-corrected chi connectivity index (χ1v) is 5.66. The third kappa shape index (κ3) is 1.68. The molecule has 3 rings (SSSR count). The Morgan fingerprint density at radius 2 is 1.83 bits per heavy atom. The van der Waals surface area contributed by atoms with E-state index in [2.05, 4.69) is 5.32 Å². The summed E-state index contributed by atoms with van der Waals surface area (Å²) in [6, 6.07) is 14.7. The van der Waals surface area contributed by atoms with Crippen molar-refractivity contribution in [3.63, 3.8) is 0 Å². The van der Waals surface area contributed by atoms with Gasteiger partial charge in [-0.2, -0.15) is 0 Å². The second-order valence-corrected chi connectivity index (χ2v) is 4.12. The Labute approximate surface area is 104 Å². The smallest absolute Gasteiger partial charge is 0.270 e. The van der Waals surface area contributed by atoms with Crippen LogP contribution in [0.4, 0.5) is 11.4 Å². The second kappa shape index (κ2) is 4.07.